The van der Waals surface area contributed by atoms with Crippen molar-refractivity contribution in [3.63, 3.8) is 0 Å². The number of rotatable bonds is 7. The van der Waals surface area contributed by atoms with Crippen molar-refractivity contribution in [1.82, 2.24) is 5.32 Å². The van der Waals surface area contributed by atoms with Crippen LogP contribution in [0, 0.1) is 11.3 Å². The van der Waals surface area contributed by atoms with Crippen molar-refractivity contribution in [3.8, 4) is 17.6 Å². The van der Waals surface area contributed by atoms with E-state index in [0.717, 1.165) is 12.8 Å². The number of hydrogen-bond donors (Lipinski definition) is 1. The number of amides is 1. The fraction of sp³-hybridized carbons (Fsp3) is 0.500. The average Bonchev–Trinajstić information content (AvgIpc) is 3.08. The molecule has 1 aromatic carbocycles. The Balaban J connectivity index is 1.84. The third-order valence-electron chi connectivity index (χ3n) is 4.21. The zero-order chi connectivity index (χ0) is 18.3. The van der Waals surface area contributed by atoms with Gasteiger partial charge in [-0.3, -0.25) is 9.59 Å². The molecule has 7 heteroatoms. The first-order chi connectivity index (χ1) is 12.0. The number of carbonyl (C=O) groups excluding carboxylic acids is 2. The predicted molar refractivity (Wildman–Crippen MR) is 89.2 cm³/mol. The predicted octanol–water partition coefficient (Wildman–Crippen LogP) is 1.74. The van der Waals surface area contributed by atoms with Crippen molar-refractivity contribution in [3.05, 3.63) is 23.8 Å². The van der Waals surface area contributed by atoms with Crippen molar-refractivity contribution < 1.29 is 23.8 Å². The van der Waals surface area contributed by atoms with E-state index in [4.69, 9.17) is 14.2 Å². The Hall–Kier alpha value is -2.75. The molecule has 0 heterocycles. The van der Waals surface area contributed by atoms with E-state index in [1.165, 1.54) is 14.2 Å². The number of nitrogens with zero attached hydrogens (tertiary/aromatic N) is 1. The van der Waals surface area contributed by atoms with Crippen LogP contribution in [-0.4, -0.2) is 38.2 Å². The second kappa shape index (κ2) is 8.38. The smallest absolute Gasteiger partial charge is 0.310 e. The standard InChI is InChI=1S/C18H22N2O5/c1-23-14-6-5-13(9-15(14)24-2)10-17(22)25-11-16(21)20-18(12-19)7-3-4-8-18/h5-6,9H,3-4,7-8,10-11H2,1-2H3,(H,20,21). The molecule has 1 aliphatic rings. The quantitative estimate of drug-likeness (QED) is 0.755. The minimum absolute atomic E-state index is 0.0109. The molecule has 1 aliphatic carbocycles. The van der Waals surface area contributed by atoms with Gasteiger partial charge in [0.1, 0.15) is 5.54 Å². The number of hydrogen-bond acceptors (Lipinski definition) is 6. The van der Waals surface area contributed by atoms with Gasteiger partial charge in [-0.2, -0.15) is 5.26 Å². The molecule has 7 nitrogen and oxygen atoms in total. The van der Waals surface area contributed by atoms with Crippen LogP contribution in [0.15, 0.2) is 18.2 Å². The molecule has 2 rings (SSSR count). The number of esters is 1. The molecule has 1 aromatic rings. The summed E-state index contributed by atoms with van der Waals surface area (Å²) < 4.78 is 15.3. The summed E-state index contributed by atoms with van der Waals surface area (Å²) >= 11 is 0. The van der Waals surface area contributed by atoms with Gasteiger partial charge in [0.05, 0.1) is 26.7 Å². The Morgan fingerprint density at radius 2 is 1.88 bits per heavy atom. The second-order valence-electron chi connectivity index (χ2n) is 5.98. The Morgan fingerprint density at radius 1 is 1.20 bits per heavy atom. The maximum atomic E-state index is 11.9. The maximum absolute atomic E-state index is 11.9. The van der Waals surface area contributed by atoms with E-state index in [9.17, 15) is 14.9 Å². The first kappa shape index (κ1) is 18.6. The van der Waals surface area contributed by atoms with Crippen molar-refractivity contribution in [2.45, 2.75) is 37.6 Å². The first-order valence-electron chi connectivity index (χ1n) is 8.11. The zero-order valence-electron chi connectivity index (χ0n) is 14.5. The van der Waals surface area contributed by atoms with Gasteiger partial charge in [-0.05, 0) is 43.4 Å². The minimum atomic E-state index is -0.813. The summed E-state index contributed by atoms with van der Waals surface area (Å²) in [6.45, 7) is -0.393. The Kier molecular flexibility index (Phi) is 6.23. The summed E-state index contributed by atoms with van der Waals surface area (Å²) in [6, 6.07) is 7.27. The lowest BCUT2D eigenvalue weighted by Crippen LogP contribution is -2.46. The van der Waals surface area contributed by atoms with Gasteiger partial charge in [0.2, 0.25) is 0 Å². The summed E-state index contributed by atoms with van der Waals surface area (Å²) in [5.74, 6) is 0.101. The van der Waals surface area contributed by atoms with E-state index in [2.05, 4.69) is 11.4 Å². The van der Waals surface area contributed by atoms with Gasteiger partial charge in [-0.15, -0.1) is 0 Å². The van der Waals surface area contributed by atoms with Gasteiger partial charge in [0.25, 0.3) is 5.91 Å². The molecule has 0 atom stereocenters. The molecular weight excluding hydrogens is 324 g/mol. The van der Waals surface area contributed by atoms with E-state index in [0.29, 0.717) is 29.9 Å². The number of benzene rings is 1. The Morgan fingerprint density at radius 3 is 2.48 bits per heavy atom. The molecule has 1 fully saturated rings. The van der Waals surface area contributed by atoms with Gasteiger partial charge in [-0.25, -0.2) is 0 Å². The third kappa shape index (κ3) is 4.86. The van der Waals surface area contributed by atoms with Gasteiger partial charge < -0.3 is 19.5 Å². The molecule has 0 aliphatic heterocycles. The zero-order valence-corrected chi connectivity index (χ0v) is 14.5. The molecule has 1 N–H and O–H groups in total. The summed E-state index contributed by atoms with van der Waals surface area (Å²) in [4.78, 5) is 23.8. The number of ether oxygens (including phenoxy) is 3. The fourth-order valence-corrected chi connectivity index (χ4v) is 2.90. The van der Waals surface area contributed by atoms with Crippen LogP contribution in [0.1, 0.15) is 31.2 Å². The lowest BCUT2D eigenvalue weighted by atomic mass is 10.00. The van der Waals surface area contributed by atoms with Crippen LogP contribution in [0.5, 0.6) is 11.5 Å². The molecule has 0 bridgehead atoms. The largest absolute Gasteiger partial charge is 0.493 e. The average molecular weight is 346 g/mol. The normalized spacial score (nSPS) is 15.1. The van der Waals surface area contributed by atoms with E-state index in [1.807, 2.05) is 0 Å². The van der Waals surface area contributed by atoms with Crippen molar-refractivity contribution in [1.29, 1.82) is 5.26 Å². The van der Waals surface area contributed by atoms with E-state index in [1.54, 1.807) is 18.2 Å². The SMILES string of the molecule is COc1ccc(CC(=O)OCC(=O)NC2(C#N)CCCC2)cc1OC. The number of methoxy groups -OCH3 is 2. The number of nitrogens with one attached hydrogen (secondary N) is 1. The lowest BCUT2D eigenvalue weighted by Gasteiger charge is -2.21. The minimum Gasteiger partial charge on any atom is -0.493 e. The summed E-state index contributed by atoms with van der Waals surface area (Å²) in [7, 11) is 3.04. The van der Waals surface area contributed by atoms with Crippen LogP contribution >= 0.6 is 0 Å². The molecule has 25 heavy (non-hydrogen) atoms. The van der Waals surface area contributed by atoms with E-state index < -0.39 is 24.0 Å². The van der Waals surface area contributed by atoms with Crippen molar-refractivity contribution >= 4 is 11.9 Å². The molecule has 134 valence electrons. The highest BCUT2D eigenvalue weighted by atomic mass is 16.5. The summed E-state index contributed by atoms with van der Waals surface area (Å²) in [5, 5.41) is 11.9. The van der Waals surface area contributed by atoms with E-state index >= 15 is 0 Å². The van der Waals surface area contributed by atoms with Gasteiger partial charge in [0.15, 0.2) is 18.1 Å². The van der Waals surface area contributed by atoms with Crippen LogP contribution in [0.4, 0.5) is 0 Å². The Bertz CT molecular complexity index is 675. The molecule has 0 radical (unpaired) electrons. The molecule has 0 aromatic heterocycles. The van der Waals surface area contributed by atoms with Crippen LogP contribution in [0.25, 0.3) is 0 Å². The van der Waals surface area contributed by atoms with Crippen molar-refractivity contribution in [2.75, 3.05) is 20.8 Å². The maximum Gasteiger partial charge on any atom is 0.310 e. The first-order valence-corrected chi connectivity index (χ1v) is 8.11. The molecular formula is C18H22N2O5. The topological polar surface area (TPSA) is 97.6 Å². The monoisotopic (exact) mass is 346 g/mol. The number of nitriles is 1. The highest BCUT2D eigenvalue weighted by molar-refractivity contribution is 5.82. The molecule has 1 saturated carbocycles. The lowest BCUT2D eigenvalue weighted by molar-refractivity contribution is -0.148. The van der Waals surface area contributed by atoms with Crippen LogP contribution in [0.3, 0.4) is 0 Å². The highest BCUT2D eigenvalue weighted by Gasteiger charge is 2.35. The molecule has 0 saturated heterocycles. The summed E-state index contributed by atoms with van der Waals surface area (Å²) in [5.41, 5.74) is -0.125. The highest BCUT2D eigenvalue weighted by Crippen LogP contribution is 2.29. The summed E-state index contributed by atoms with van der Waals surface area (Å²) in [6.07, 6.45) is 3.10. The van der Waals surface area contributed by atoms with Crippen LogP contribution < -0.4 is 14.8 Å². The van der Waals surface area contributed by atoms with Crippen molar-refractivity contribution in [2.24, 2.45) is 0 Å². The molecule has 1 amide bonds. The fourth-order valence-electron chi connectivity index (χ4n) is 2.90. The van der Waals surface area contributed by atoms with E-state index in [-0.39, 0.29) is 6.42 Å². The second-order valence-corrected chi connectivity index (χ2v) is 5.98. The number of carbonyl (C=O) groups is 2. The Labute approximate surface area is 146 Å². The molecule has 0 unspecified atom stereocenters. The third-order valence-corrected chi connectivity index (χ3v) is 4.21. The van der Waals surface area contributed by atoms with Crippen LogP contribution in [-0.2, 0) is 20.7 Å². The van der Waals surface area contributed by atoms with Gasteiger partial charge >= 0.3 is 5.97 Å². The van der Waals surface area contributed by atoms with Crippen LogP contribution in [0.2, 0.25) is 0 Å². The molecule has 0 spiro atoms. The van der Waals surface area contributed by atoms with Gasteiger partial charge in [0, 0.05) is 0 Å². The van der Waals surface area contributed by atoms with Gasteiger partial charge in [-0.1, -0.05) is 6.07 Å².